The molecule has 0 spiro atoms. The van der Waals surface area contributed by atoms with Crippen molar-refractivity contribution in [2.75, 3.05) is 19.6 Å². The van der Waals surface area contributed by atoms with Gasteiger partial charge < -0.3 is 15.7 Å². The van der Waals surface area contributed by atoms with Crippen molar-refractivity contribution in [1.82, 2.24) is 4.90 Å². The van der Waals surface area contributed by atoms with Gasteiger partial charge in [0, 0.05) is 19.5 Å². The number of hydrogen-bond donors (Lipinski definition) is 2. The summed E-state index contributed by atoms with van der Waals surface area (Å²) in [5.74, 6) is 0.179. The maximum Gasteiger partial charge on any atom is 0.222 e. The van der Waals surface area contributed by atoms with Crippen LogP contribution in [0, 0.1) is 0 Å². The van der Waals surface area contributed by atoms with E-state index in [4.69, 9.17) is 5.73 Å². The number of carbonyl (C=O) groups excluding carboxylic acids is 1. The summed E-state index contributed by atoms with van der Waals surface area (Å²) in [5.41, 5.74) is 5.36. The highest BCUT2D eigenvalue weighted by atomic mass is 16.3. The Bertz CT molecular complexity index is 185. The van der Waals surface area contributed by atoms with Gasteiger partial charge in [0.1, 0.15) is 0 Å². The van der Waals surface area contributed by atoms with Crippen LogP contribution in [0.2, 0.25) is 0 Å². The molecule has 1 aliphatic rings. The summed E-state index contributed by atoms with van der Waals surface area (Å²) < 4.78 is 0. The van der Waals surface area contributed by atoms with E-state index >= 15 is 0 Å². The second-order valence-corrected chi connectivity index (χ2v) is 3.88. The normalized spacial score (nSPS) is 21.6. The van der Waals surface area contributed by atoms with Gasteiger partial charge >= 0.3 is 0 Å². The van der Waals surface area contributed by atoms with Crippen LogP contribution in [0.5, 0.6) is 0 Å². The molecular formula is C10H20N2O2. The van der Waals surface area contributed by atoms with Gasteiger partial charge in [0.2, 0.25) is 5.91 Å². The zero-order valence-corrected chi connectivity index (χ0v) is 8.61. The lowest BCUT2D eigenvalue weighted by atomic mass is 10.2. The van der Waals surface area contributed by atoms with E-state index in [0.717, 1.165) is 32.2 Å². The smallest absolute Gasteiger partial charge is 0.222 e. The molecule has 0 saturated carbocycles. The van der Waals surface area contributed by atoms with Crippen molar-refractivity contribution in [1.29, 1.82) is 0 Å². The number of nitrogens with two attached hydrogens (primary N) is 1. The molecule has 4 heteroatoms. The summed E-state index contributed by atoms with van der Waals surface area (Å²) >= 11 is 0. The molecule has 1 amide bonds. The lowest BCUT2D eigenvalue weighted by Crippen LogP contribution is -2.29. The van der Waals surface area contributed by atoms with Crippen LogP contribution in [0.3, 0.4) is 0 Å². The van der Waals surface area contributed by atoms with Crippen molar-refractivity contribution in [2.24, 2.45) is 5.73 Å². The lowest BCUT2D eigenvalue weighted by Gasteiger charge is -2.14. The SMILES string of the molecule is NCCCCCC(=O)N1CCC(O)C1. The van der Waals surface area contributed by atoms with E-state index in [9.17, 15) is 9.90 Å². The van der Waals surface area contributed by atoms with Gasteiger partial charge in [0.25, 0.3) is 0 Å². The molecular weight excluding hydrogens is 180 g/mol. The van der Waals surface area contributed by atoms with E-state index in [2.05, 4.69) is 0 Å². The number of likely N-dealkylation sites (tertiary alicyclic amines) is 1. The fourth-order valence-electron chi connectivity index (χ4n) is 1.72. The minimum atomic E-state index is -0.303. The average molecular weight is 200 g/mol. The fourth-order valence-corrected chi connectivity index (χ4v) is 1.72. The average Bonchev–Trinajstić information content (AvgIpc) is 2.59. The maximum atomic E-state index is 11.5. The van der Waals surface area contributed by atoms with Gasteiger partial charge in [-0.3, -0.25) is 4.79 Å². The summed E-state index contributed by atoms with van der Waals surface area (Å²) in [6.07, 6.45) is 3.97. The first-order valence-corrected chi connectivity index (χ1v) is 5.40. The van der Waals surface area contributed by atoms with Crippen molar-refractivity contribution < 1.29 is 9.90 Å². The predicted molar refractivity (Wildman–Crippen MR) is 54.7 cm³/mol. The monoisotopic (exact) mass is 200 g/mol. The summed E-state index contributed by atoms with van der Waals surface area (Å²) in [6.45, 7) is 1.95. The lowest BCUT2D eigenvalue weighted by molar-refractivity contribution is -0.130. The van der Waals surface area contributed by atoms with Crippen LogP contribution in [-0.4, -0.2) is 41.7 Å². The van der Waals surface area contributed by atoms with Gasteiger partial charge in [-0.2, -0.15) is 0 Å². The molecule has 0 aromatic rings. The number of β-amino-alcohol motifs (C(OH)–C–C–N with tert-alkyl or cyclic N) is 1. The Hall–Kier alpha value is -0.610. The van der Waals surface area contributed by atoms with E-state index in [1.54, 1.807) is 4.90 Å². The molecule has 82 valence electrons. The molecule has 3 N–H and O–H groups in total. The minimum Gasteiger partial charge on any atom is -0.391 e. The molecule has 0 aromatic carbocycles. The molecule has 1 saturated heterocycles. The van der Waals surface area contributed by atoms with Crippen LogP contribution in [0.25, 0.3) is 0 Å². The number of amides is 1. The Morgan fingerprint density at radius 1 is 1.43 bits per heavy atom. The Balaban J connectivity index is 2.09. The second-order valence-electron chi connectivity index (χ2n) is 3.88. The Morgan fingerprint density at radius 3 is 2.79 bits per heavy atom. The number of nitrogens with zero attached hydrogens (tertiary/aromatic N) is 1. The third kappa shape index (κ3) is 3.64. The number of aliphatic hydroxyl groups is 1. The van der Waals surface area contributed by atoms with Crippen LogP contribution in [0.15, 0.2) is 0 Å². The van der Waals surface area contributed by atoms with Crippen LogP contribution in [0.4, 0.5) is 0 Å². The highest BCUT2D eigenvalue weighted by molar-refractivity contribution is 5.76. The van der Waals surface area contributed by atoms with Crippen LogP contribution in [0.1, 0.15) is 32.1 Å². The summed E-state index contributed by atoms with van der Waals surface area (Å²) in [5, 5.41) is 9.25. The predicted octanol–water partition coefficient (Wildman–Crippen LogP) is 0.0987. The first-order chi connectivity index (χ1) is 6.74. The second kappa shape index (κ2) is 5.98. The van der Waals surface area contributed by atoms with Gasteiger partial charge in [-0.1, -0.05) is 6.42 Å². The molecule has 0 radical (unpaired) electrons. The number of aliphatic hydroxyl groups excluding tert-OH is 1. The third-order valence-electron chi connectivity index (χ3n) is 2.61. The number of hydrogen-bond acceptors (Lipinski definition) is 3. The summed E-state index contributed by atoms with van der Waals surface area (Å²) in [7, 11) is 0. The molecule has 1 atom stereocenters. The summed E-state index contributed by atoms with van der Waals surface area (Å²) in [6, 6.07) is 0. The van der Waals surface area contributed by atoms with E-state index < -0.39 is 0 Å². The van der Waals surface area contributed by atoms with Crippen LogP contribution < -0.4 is 5.73 Å². The molecule has 1 rings (SSSR count). The molecule has 4 nitrogen and oxygen atoms in total. The maximum absolute atomic E-state index is 11.5. The van der Waals surface area contributed by atoms with E-state index in [1.165, 1.54) is 0 Å². The molecule has 0 aromatic heterocycles. The van der Waals surface area contributed by atoms with E-state index in [0.29, 0.717) is 19.5 Å². The zero-order chi connectivity index (χ0) is 10.4. The van der Waals surface area contributed by atoms with E-state index in [1.807, 2.05) is 0 Å². The highest BCUT2D eigenvalue weighted by Crippen LogP contribution is 2.11. The minimum absolute atomic E-state index is 0.179. The Morgan fingerprint density at radius 2 is 2.21 bits per heavy atom. The highest BCUT2D eigenvalue weighted by Gasteiger charge is 2.23. The van der Waals surface area contributed by atoms with Crippen molar-refractivity contribution in [3.05, 3.63) is 0 Å². The van der Waals surface area contributed by atoms with Crippen molar-refractivity contribution in [3.8, 4) is 0 Å². The molecule has 0 bridgehead atoms. The van der Waals surface area contributed by atoms with Crippen molar-refractivity contribution in [2.45, 2.75) is 38.2 Å². The Labute approximate surface area is 85.1 Å². The zero-order valence-electron chi connectivity index (χ0n) is 8.61. The summed E-state index contributed by atoms with van der Waals surface area (Å²) in [4.78, 5) is 13.3. The molecule has 14 heavy (non-hydrogen) atoms. The molecule has 1 heterocycles. The van der Waals surface area contributed by atoms with Crippen LogP contribution >= 0.6 is 0 Å². The number of unbranched alkanes of at least 4 members (excludes halogenated alkanes) is 2. The van der Waals surface area contributed by atoms with Crippen molar-refractivity contribution >= 4 is 5.91 Å². The topological polar surface area (TPSA) is 66.6 Å². The van der Waals surface area contributed by atoms with Crippen LogP contribution in [-0.2, 0) is 4.79 Å². The molecule has 0 aliphatic carbocycles. The first kappa shape index (κ1) is 11.5. The van der Waals surface area contributed by atoms with Gasteiger partial charge in [0.15, 0.2) is 0 Å². The van der Waals surface area contributed by atoms with Gasteiger partial charge in [-0.15, -0.1) is 0 Å². The quantitative estimate of drug-likeness (QED) is 0.618. The molecule has 1 unspecified atom stereocenters. The Kier molecular flexibility index (Phi) is 4.90. The standard InChI is InChI=1S/C10H20N2O2/c11-6-3-1-2-4-10(14)12-7-5-9(13)8-12/h9,13H,1-8,11H2. The van der Waals surface area contributed by atoms with Crippen molar-refractivity contribution in [3.63, 3.8) is 0 Å². The number of rotatable bonds is 5. The number of carbonyl (C=O) groups is 1. The third-order valence-corrected chi connectivity index (χ3v) is 2.61. The fraction of sp³-hybridized carbons (Fsp3) is 0.900. The molecule has 1 aliphatic heterocycles. The van der Waals surface area contributed by atoms with E-state index in [-0.39, 0.29) is 12.0 Å². The van der Waals surface area contributed by atoms with Gasteiger partial charge in [-0.25, -0.2) is 0 Å². The first-order valence-electron chi connectivity index (χ1n) is 5.40. The van der Waals surface area contributed by atoms with Gasteiger partial charge in [0.05, 0.1) is 6.10 Å². The largest absolute Gasteiger partial charge is 0.391 e. The molecule has 1 fully saturated rings. The van der Waals surface area contributed by atoms with Gasteiger partial charge in [-0.05, 0) is 25.8 Å².